The molecule has 5 heteroatoms. The maximum absolute atomic E-state index is 13.1. The summed E-state index contributed by atoms with van der Waals surface area (Å²) in [6.45, 7) is 6.57. The van der Waals surface area contributed by atoms with E-state index in [1.807, 2.05) is 17.1 Å². The topological polar surface area (TPSA) is 42.9 Å². The molecule has 0 saturated heterocycles. The minimum absolute atomic E-state index is 0.0474. The minimum atomic E-state index is -0.369. The highest BCUT2D eigenvalue weighted by Crippen LogP contribution is 2.55. The summed E-state index contributed by atoms with van der Waals surface area (Å²) in [5.41, 5.74) is 5.08. The molecule has 0 amide bonds. The number of rotatable bonds is 2. The highest BCUT2D eigenvalue weighted by Gasteiger charge is 2.51. The molecule has 2 aliphatic rings. The first kappa shape index (κ1) is 15.2. The van der Waals surface area contributed by atoms with Crippen molar-refractivity contribution < 1.29 is 4.79 Å². The van der Waals surface area contributed by atoms with E-state index in [9.17, 15) is 4.79 Å². The number of aromatic nitrogens is 2. The van der Waals surface area contributed by atoms with Gasteiger partial charge in [-0.1, -0.05) is 26.3 Å². The number of carbonyl (C=O) groups is 1. The van der Waals surface area contributed by atoms with Crippen LogP contribution in [0.1, 0.15) is 55.6 Å². The van der Waals surface area contributed by atoms with Gasteiger partial charge in [0.25, 0.3) is 0 Å². The van der Waals surface area contributed by atoms with Crippen molar-refractivity contribution >= 4 is 28.5 Å². The van der Waals surface area contributed by atoms with E-state index in [1.54, 1.807) is 22.7 Å². The number of ketones is 1. The molecule has 23 heavy (non-hydrogen) atoms. The molecule has 2 aromatic rings. The number of carbonyl (C=O) groups excluding carboxylic acids is 1. The summed E-state index contributed by atoms with van der Waals surface area (Å²) in [5, 5.41) is 3.06. The van der Waals surface area contributed by atoms with Gasteiger partial charge in [0.05, 0.1) is 16.6 Å². The monoisotopic (exact) mass is 344 g/mol. The van der Waals surface area contributed by atoms with Gasteiger partial charge in [0.2, 0.25) is 0 Å². The van der Waals surface area contributed by atoms with Gasteiger partial charge >= 0.3 is 0 Å². The lowest BCUT2D eigenvalue weighted by Gasteiger charge is -2.43. The molecule has 2 aliphatic carbocycles. The summed E-state index contributed by atoms with van der Waals surface area (Å²) in [6, 6.07) is 0. The quantitative estimate of drug-likeness (QED) is 0.803. The third-order valence-corrected chi connectivity index (χ3v) is 7.09. The molecule has 0 aliphatic heterocycles. The van der Waals surface area contributed by atoms with Gasteiger partial charge in [0.1, 0.15) is 5.01 Å². The summed E-state index contributed by atoms with van der Waals surface area (Å²) in [7, 11) is 0. The molecule has 0 bridgehead atoms. The molecular formula is C18H20N2OS2. The molecule has 4 rings (SSSR count). The zero-order valence-corrected chi connectivity index (χ0v) is 15.3. The van der Waals surface area contributed by atoms with Crippen molar-refractivity contribution in [2.75, 3.05) is 0 Å². The predicted molar refractivity (Wildman–Crippen MR) is 94.1 cm³/mol. The fourth-order valence-corrected chi connectivity index (χ4v) is 6.40. The molecule has 0 radical (unpaired) electrons. The van der Waals surface area contributed by atoms with Crippen LogP contribution >= 0.6 is 22.7 Å². The van der Waals surface area contributed by atoms with Gasteiger partial charge in [-0.2, -0.15) is 0 Å². The number of hydrogen-bond acceptors (Lipinski definition) is 5. The summed E-state index contributed by atoms with van der Waals surface area (Å²) in [5.74, 6) is 0.312. The van der Waals surface area contributed by atoms with E-state index >= 15 is 0 Å². The van der Waals surface area contributed by atoms with E-state index in [0.717, 1.165) is 35.5 Å². The molecule has 2 heterocycles. The van der Waals surface area contributed by atoms with Crippen LogP contribution in [-0.2, 0) is 16.6 Å². The van der Waals surface area contributed by atoms with E-state index in [4.69, 9.17) is 0 Å². The van der Waals surface area contributed by atoms with Crippen molar-refractivity contribution in [2.24, 2.45) is 5.41 Å². The second-order valence-corrected chi connectivity index (χ2v) is 9.07. The van der Waals surface area contributed by atoms with E-state index in [0.29, 0.717) is 12.2 Å². The molecule has 0 spiro atoms. The number of thiazole rings is 2. The van der Waals surface area contributed by atoms with Gasteiger partial charge in [-0.3, -0.25) is 4.79 Å². The number of hydrogen-bond donors (Lipinski definition) is 0. The number of nitrogens with zero attached hydrogens (tertiary/aromatic N) is 2. The largest absolute Gasteiger partial charge is 0.294 e. The summed E-state index contributed by atoms with van der Waals surface area (Å²) in [6.07, 6.45) is 5.16. The average molecular weight is 345 g/mol. The van der Waals surface area contributed by atoms with E-state index in [1.165, 1.54) is 10.5 Å². The van der Waals surface area contributed by atoms with E-state index in [-0.39, 0.29) is 10.8 Å². The highest BCUT2D eigenvalue weighted by molar-refractivity contribution is 7.11. The SMILES string of the molecule is CCC1(c2nccs2)C2=C(Cc3ncsc31)CC(C)(C)CC2=O. The van der Waals surface area contributed by atoms with Gasteiger partial charge in [-0.25, -0.2) is 9.97 Å². The molecular weight excluding hydrogens is 324 g/mol. The van der Waals surface area contributed by atoms with Crippen molar-refractivity contribution in [1.29, 1.82) is 0 Å². The molecule has 1 atom stereocenters. The Bertz CT molecular complexity index is 801. The fourth-order valence-electron chi connectivity index (χ4n) is 4.32. The maximum Gasteiger partial charge on any atom is 0.160 e. The van der Waals surface area contributed by atoms with Crippen molar-refractivity contribution in [1.82, 2.24) is 9.97 Å². The van der Waals surface area contributed by atoms with Crippen molar-refractivity contribution in [3.05, 3.63) is 43.8 Å². The third kappa shape index (κ3) is 2.09. The Balaban J connectivity index is 2.02. The summed E-state index contributed by atoms with van der Waals surface area (Å²) in [4.78, 5) is 23.6. The Kier molecular flexibility index (Phi) is 3.36. The Morgan fingerprint density at radius 3 is 2.74 bits per heavy atom. The van der Waals surface area contributed by atoms with Gasteiger partial charge in [0.15, 0.2) is 5.78 Å². The molecule has 120 valence electrons. The lowest BCUT2D eigenvalue weighted by molar-refractivity contribution is -0.118. The van der Waals surface area contributed by atoms with Gasteiger partial charge in [-0.05, 0) is 18.3 Å². The molecule has 1 unspecified atom stereocenters. The fraction of sp³-hybridized carbons (Fsp3) is 0.500. The Morgan fingerprint density at radius 1 is 1.22 bits per heavy atom. The van der Waals surface area contributed by atoms with Crippen LogP contribution in [-0.4, -0.2) is 15.8 Å². The molecule has 2 aromatic heterocycles. The first-order valence-electron chi connectivity index (χ1n) is 8.06. The Labute approximate surface area is 144 Å². The number of allylic oxidation sites excluding steroid dienone is 2. The van der Waals surface area contributed by atoms with Gasteiger partial charge in [-0.15, -0.1) is 22.7 Å². The van der Waals surface area contributed by atoms with Crippen LogP contribution in [0.5, 0.6) is 0 Å². The molecule has 0 aromatic carbocycles. The normalized spacial score (nSPS) is 26.1. The molecule has 3 nitrogen and oxygen atoms in total. The zero-order chi connectivity index (χ0) is 16.2. The second kappa shape index (κ2) is 5.08. The average Bonchev–Trinajstić information content (AvgIpc) is 3.14. The zero-order valence-electron chi connectivity index (χ0n) is 13.7. The summed E-state index contributed by atoms with van der Waals surface area (Å²) < 4.78 is 0. The van der Waals surface area contributed by atoms with Crippen LogP contribution in [0, 0.1) is 5.41 Å². The first-order chi connectivity index (χ1) is 11.0. The Hall–Kier alpha value is -1.33. The van der Waals surface area contributed by atoms with Crippen LogP contribution in [0.4, 0.5) is 0 Å². The first-order valence-corrected chi connectivity index (χ1v) is 9.82. The standard InChI is InChI=1S/C18H20N2OS2/c1-4-18(16-19-5-6-22-16)14-11(7-12-15(18)23-10-20-12)8-17(2,3)9-13(14)21/h5-6,10H,4,7-9H2,1-3H3. The Morgan fingerprint density at radius 2 is 2.04 bits per heavy atom. The molecule has 0 fully saturated rings. The smallest absolute Gasteiger partial charge is 0.160 e. The van der Waals surface area contributed by atoms with E-state index in [2.05, 4.69) is 30.7 Å². The lowest BCUT2D eigenvalue weighted by Crippen LogP contribution is -2.41. The van der Waals surface area contributed by atoms with Crippen LogP contribution in [0.15, 0.2) is 28.2 Å². The molecule has 0 saturated carbocycles. The van der Waals surface area contributed by atoms with Crippen LogP contribution in [0.25, 0.3) is 0 Å². The van der Waals surface area contributed by atoms with Crippen molar-refractivity contribution in [3.8, 4) is 0 Å². The van der Waals surface area contributed by atoms with Crippen LogP contribution < -0.4 is 0 Å². The maximum atomic E-state index is 13.1. The summed E-state index contributed by atoms with van der Waals surface area (Å²) >= 11 is 3.34. The van der Waals surface area contributed by atoms with Crippen molar-refractivity contribution in [2.45, 2.75) is 51.9 Å². The number of fused-ring (bicyclic) bond motifs is 1. The van der Waals surface area contributed by atoms with Gasteiger partial charge < -0.3 is 0 Å². The number of Topliss-reactive ketones (excluding diaryl/α,β-unsaturated/α-hetero) is 1. The lowest BCUT2D eigenvalue weighted by atomic mass is 9.61. The third-order valence-electron chi connectivity index (χ3n) is 5.13. The predicted octanol–water partition coefficient (Wildman–Crippen LogP) is 4.54. The van der Waals surface area contributed by atoms with Crippen LogP contribution in [0.2, 0.25) is 0 Å². The van der Waals surface area contributed by atoms with E-state index < -0.39 is 0 Å². The van der Waals surface area contributed by atoms with Gasteiger partial charge in [0, 0.05) is 34.9 Å². The highest BCUT2D eigenvalue weighted by atomic mass is 32.1. The second-order valence-electron chi connectivity index (χ2n) is 7.32. The minimum Gasteiger partial charge on any atom is -0.294 e. The molecule has 0 N–H and O–H groups in total. The van der Waals surface area contributed by atoms with Crippen molar-refractivity contribution in [3.63, 3.8) is 0 Å². The van der Waals surface area contributed by atoms with Crippen LogP contribution in [0.3, 0.4) is 0 Å².